The summed E-state index contributed by atoms with van der Waals surface area (Å²) in [6.07, 6.45) is 0. The van der Waals surface area contributed by atoms with Crippen molar-refractivity contribution in [1.82, 2.24) is 0 Å². The highest BCUT2D eigenvalue weighted by atomic mass is 35.5. The molecule has 0 spiro atoms. The number of benzene rings is 2. The maximum atomic E-state index is 11.0. The Balaban J connectivity index is 1.96. The van der Waals surface area contributed by atoms with Gasteiger partial charge in [-0.25, -0.2) is 0 Å². The van der Waals surface area contributed by atoms with E-state index in [0.29, 0.717) is 11.5 Å². The van der Waals surface area contributed by atoms with E-state index in [9.17, 15) is 15.2 Å². The number of nitro groups is 1. The lowest BCUT2D eigenvalue weighted by Crippen LogP contribution is -2.29. The predicted octanol–water partition coefficient (Wildman–Crippen LogP) is 4.88. The Kier molecular flexibility index (Phi) is 3.76. The lowest BCUT2D eigenvalue weighted by Gasteiger charge is -2.16. The molecule has 124 valence electrons. The second-order valence-electron chi connectivity index (χ2n) is 5.48. The molecule has 0 aromatic heterocycles. The van der Waals surface area contributed by atoms with Gasteiger partial charge in [-0.3, -0.25) is 10.1 Å². The van der Waals surface area contributed by atoms with Crippen LogP contribution in [0.25, 0.3) is 0 Å². The third kappa shape index (κ3) is 3.09. The molecule has 0 fully saturated rings. The van der Waals surface area contributed by atoms with Crippen molar-refractivity contribution in [3.8, 4) is 17.2 Å². The summed E-state index contributed by atoms with van der Waals surface area (Å²) < 4.78 is 11.1. The molecule has 0 saturated heterocycles. The lowest BCUT2D eigenvalue weighted by molar-refractivity contribution is -0.384. The molecule has 24 heavy (non-hydrogen) atoms. The van der Waals surface area contributed by atoms with Gasteiger partial charge >= 0.3 is 0 Å². The van der Waals surface area contributed by atoms with Crippen LogP contribution in [0.2, 0.25) is 5.02 Å². The molecule has 1 aliphatic rings. The minimum absolute atomic E-state index is 0.0156. The summed E-state index contributed by atoms with van der Waals surface area (Å²) in [6.45, 7) is 3.45. The van der Waals surface area contributed by atoms with Crippen molar-refractivity contribution in [3.05, 3.63) is 45.5 Å². The molecule has 9 heteroatoms. The Morgan fingerprint density at radius 3 is 2.42 bits per heavy atom. The Bertz CT molecular complexity index is 866. The van der Waals surface area contributed by atoms with Crippen LogP contribution in [0.1, 0.15) is 13.8 Å². The molecule has 0 unspecified atom stereocenters. The molecule has 2 aromatic rings. The molecule has 0 saturated carbocycles. The summed E-state index contributed by atoms with van der Waals surface area (Å²) in [5, 5.41) is 28.9. The molecule has 0 radical (unpaired) electrons. The molecule has 0 bridgehead atoms. The normalized spacial score (nSPS) is 15.0. The van der Waals surface area contributed by atoms with Gasteiger partial charge in [-0.15, -0.1) is 10.2 Å². The average Bonchev–Trinajstić information content (AvgIpc) is 2.78. The highest BCUT2D eigenvalue weighted by Crippen LogP contribution is 2.46. The molecule has 3 rings (SSSR count). The number of rotatable bonds is 3. The van der Waals surface area contributed by atoms with Crippen LogP contribution in [0.4, 0.5) is 17.1 Å². The van der Waals surface area contributed by atoms with Crippen LogP contribution in [0.3, 0.4) is 0 Å². The zero-order valence-electron chi connectivity index (χ0n) is 12.7. The topological polar surface area (TPSA) is 107 Å². The van der Waals surface area contributed by atoms with Crippen molar-refractivity contribution in [1.29, 1.82) is 0 Å². The Morgan fingerprint density at radius 1 is 1.12 bits per heavy atom. The van der Waals surface area contributed by atoms with E-state index in [2.05, 4.69) is 10.2 Å². The average molecular weight is 350 g/mol. The molecule has 8 nitrogen and oxygen atoms in total. The third-order valence-electron chi connectivity index (χ3n) is 3.15. The monoisotopic (exact) mass is 349 g/mol. The van der Waals surface area contributed by atoms with Crippen LogP contribution in [0.15, 0.2) is 40.6 Å². The van der Waals surface area contributed by atoms with Crippen molar-refractivity contribution in [2.24, 2.45) is 10.2 Å². The molecular formula is C15H12ClN3O5. The summed E-state index contributed by atoms with van der Waals surface area (Å²) in [6, 6.07) is 6.82. The summed E-state index contributed by atoms with van der Waals surface area (Å²) in [4.78, 5) is 10.4. The molecule has 1 aliphatic heterocycles. The van der Waals surface area contributed by atoms with E-state index in [-0.39, 0.29) is 27.8 Å². The minimum Gasteiger partial charge on any atom is -0.505 e. The largest absolute Gasteiger partial charge is 0.505 e. The first-order valence-electron chi connectivity index (χ1n) is 6.86. The highest BCUT2D eigenvalue weighted by molar-refractivity contribution is 6.30. The summed E-state index contributed by atoms with van der Waals surface area (Å²) in [5.74, 6) is -0.249. The summed E-state index contributed by atoms with van der Waals surface area (Å²) in [5.41, 5.74) is -0.172. The van der Waals surface area contributed by atoms with Gasteiger partial charge in [0.25, 0.3) is 5.69 Å². The fourth-order valence-electron chi connectivity index (χ4n) is 2.16. The van der Waals surface area contributed by atoms with Gasteiger partial charge in [0.1, 0.15) is 11.4 Å². The fraction of sp³-hybridized carbons (Fsp3) is 0.200. The second kappa shape index (κ2) is 5.64. The van der Waals surface area contributed by atoms with E-state index in [4.69, 9.17) is 21.1 Å². The second-order valence-corrected chi connectivity index (χ2v) is 5.92. The number of ether oxygens (including phenoxy) is 2. The van der Waals surface area contributed by atoms with E-state index in [1.165, 1.54) is 30.3 Å². The maximum absolute atomic E-state index is 11.0. The van der Waals surface area contributed by atoms with Crippen molar-refractivity contribution in [3.63, 3.8) is 0 Å². The smallest absolute Gasteiger partial charge is 0.298 e. The Hall–Kier alpha value is -2.87. The van der Waals surface area contributed by atoms with Crippen LogP contribution in [-0.4, -0.2) is 15.8 Å². The predicted molar refractivity (Wildman–Crippen MR) is 85.7 cm³/mol. The van der Waals surface area contributed by atoms with Crippen LogP contribution in [0.5, 0.6) is 17.2 Å². The number of aromatic hydroxyl groups is 1. The zero-order valence-corrected chi connectivity index (χ0v) is 13.4. The van der Waals surface area contributed by atoms with Gasteiger partial charge < -0.3 is 14.6 Å². The molecule has 1 heterocycles. The fourth-order valence-corrected chi connectivity index (χ4v) is 2.33. The van der Waals surface area contributed by atoms with Gasteiger partial charge in [0.15, 0.2) is 17.2 Å². The van der Waals surface area contributed by atoms with E-state index >= 15 is 0 Å². The van der Waals surface area contributed by atoms with Crippen LogP contribution < -0.4 is 9.47 Å². The number of nitrogens with zero attached hydrogens (tertiary/aromatic N) is 3. The molecule has 0 aliphatic carbocycles. The van der Waals surface area contributed by atoms with E-state index in [1.54, 1.807) is 13.8 Å². The number of fused-ring (bicyclic) bond motifs is 1. The first kappa shape index (κ1) is 16.0. The Labute approximate surface area is 141 Å². The number of halogens is 1. The molecule has 2 aromatic carbocycles. The number of azo groups is 1. The van der Waals surface area contributed by atoms with E-state index in [1.807, 2.05) is 0 Å². The number of nitro benzene ring substituents is 1. The number of phenolic OH excluding ortho intramolecular Hbond substituents is 1. The quantitative estimate of drug-likeness (QED) is 0.483. The first-order chi connectivity index (χ1) is 11.2. The van der Waals surface area contributed by atoms with Crippen molar-refractivity contribution < 1.29 is 19.5 Å². The molecular weight excluding hydrogens is 338 g/mol. The third-order valence-corrected chi connectivity index (χ3v) is 3.39. The lowest BCUT2D eigenvalue weighted by atomic mass is 10.2. The minimum atomic E-state index is -0.848. The van der Waals surface area contributed by atoms with Crippen LogP contribution in [0, 0.1) is 10.1 Å². The van der Waals surface area contributed by atoms with Crippen LogP contribution >= 0.6 is 11.6 Å². The van der Waals surface area contributed by atoms with Crippen LogP contribution in [-0.2, 0) is 0 Å². The number of phenols is 1. The van der Waals surface area contributed by atoms with Crippen molar-refractivity contribution in [2.45, 2.75) is 19.6 Å². The summed E-state index contributed by atoms with van der Waals surface area (Å²) >= 11 is 5.75. The number of hydrogen-bond donors (Lipinski definition) is 1. The highest BCUT2D eigenvalue weighted by Gasteiger charge is 2.32. The summed E-state index contributed by atoms with van der Waals surface area (Å²) in [7, 11) is 0. The molecule has 0 amide bonds. The van der Waals surface area contributed by atoms with Gasteiger partial charge in [-0.05, 0) is 12.1 Å². The van der Waals surface area contributed by atoms with Gasteiger partial charge in [0.2, 0.25) is 5.79 Å². The van der Waals surface area contributed by atoms with Gasteiger partial charge in [0, 0.05) is 37.1 Å². The maximum Gasteiger partial charge on any atom is 0.298 e. The molecule has 1 N–H and O–H groups in total. The standard InChI is InChI=1S/C15H12ClN3O5/c1-15(2)23-13-6-10(12(20)7-14(13)24-15)18-17-9-4-3-8(16)5-11(9)19(21)22/h3-7,20H,1-2H3. The zero-order chi connectivity index (χ0) is 17.5. The van der Waals surface area contributed by atoms with Gasteiger partial charge in [-0.2, -0.15) is 0 Å². The van der Waals surface area contributed by atoms with Crippen molar-refractivity contribution >= 4 is 28.7 Å². The Morgan fingerprint density at radius 2 is 1.75 bits per heavy atom. The molecule has 0 atom stereocenters. The van der Waals surface area contributed by atoms with Crippen molar-refractivity contribution in [2.75, 3.05) is 0 Å². The SMILES string of the molecule is CC1(C)Oc2cc(O)c(N=Nc3ccc(Cl)cc3[N+](=O)[O-])cc2O1. The first-order valence-corrected chi connectivity index (χ1v) is 7.24. The van der Waals surface area contributed by atoms with Gasteiger partial charge in [0.05, 0.1) is 4.92 Å². The number of hydrogen-bond acceptors (Lipinski definition) is 7. The van der Waals surface area contributed by atoms with E-state index < -0.39 is 10.7 Å². The van der Waals surface area contributed by atoms with E-state index in [0.717, 1.165) is 0 Å². The van der Waals surface area contributed by atoms with Gasteiger partial charge in [-0.1, -0.05) is 11.6 Å².